The van der Waals surface area contributed by atoms with Gasteiger partial charge < -0.3 is 9.47 Å². The van der Waals surface area contributed by atoms with Crippen LogP contribution in [0.2, 0.25) is 0 Å². The Balaban J connectivity index is 1.54. The summed E-state index contributed by atoms with van der Waals surface area (Å²) in [7, 11) is 0. The molecule has 3 rings (SSSR count). The summed E-state index contributed by atoms with van der Waals surface area (Å²) in [5, 5.41) is 11.6. The van der Waals surface area contributed by atoms with Gasteiger partial charge in [-0.25, -0.2) is 4.68 Å². The fraction of sp³-hybridized carbons (Fsp3) is 0.118. The molecule has 0 amide bonds. The van der Waals surface area contributed by atoms with Crippen LogP contribution in [-0.2, 0) is 0 Å². The molecule has 0 aliphatic carbocycles. The monoisotopic (exact) mass is 386 g/mol. The van der Waals surface area contributed by atoms with Crippen LogP contribution < -0.4 is 9.47 Å². The van der Waals surface area contributed by atoms with Crippen LogP contribution in [0.4, 0.5) is 0 Å². The van der Waals surface area contributed by atoms with Gasteiger partial charge >= 0.3 is 0 Å². The van der Waals surface area contributed by atoms with E-state index >= 15 is 0 Å². The second-order valence-corrected chi connectivity index (χ2v) is 5.69. The minimum Gasteiger partial charge on any atom is -0.490 e. The van der Waals surface area contributed by atoms with Crippen molar-refractivity contribution in [2.24, 2.45) is 5.10 Å². The maximum absolute atomic E-state index is 5.79. The highest BCUT2D eigenvalue weighted by atomic mass is 79.9. The Bertz CT molecular complexity index is 789. The smallest absolute Gasteiger partial charge is 0.141 e. The van der Waals surface area contributed by atoms with E-state index in [1.807, 2.05) is 48.5 Å². The molecule has 7 heteroatoms. The quantitative estimate of drug-likeness (QED) is 0.461. The van der Waals surface area contributed by atoms with Crippen molar-refractivity contribution in [3.8, 4) is 11.5 Å². The van der Waals surface area contributed by atoms with E-state index in [0.717, 1.165) is 21.5 Å². The van der Waals surface area contributed by atoms with Crippen molar-refractivity contribution in [3.05, 3.63) is 71.2 Å². The molecule has 2 aromatic carbocycles. The number of benzene rings is 2. The van der Waals surface area contributed by atoms with E-state index in [0.29, 0.717) is 13.2 Å². The lowest BCUT2D eigenvalue weighted by molar-refractivity contribution is 0.217. The third-order valence-electron chi connectivity index (χ3n) is 3.08. The molecule has 0 fully saturated rings. The van der Waals surface area contributed by atoms with Gasteiger partial charge in [-0.05, 0) is 36.4 Å². The second-order valence-electron chi connectivity index (χ2n) is 4.78. The summed E-state index contributed by atoms with van der Waals surface area (Å²) in [6.07, 6.45) is 4.74. The van der Waals surface area contributed by atoms with Crippen LogP contribution in [0.5, 0.6) is 11.5 Å². The standard InChI is InChI=1S/C17H15BrN4O2/c18-15-5-7-16(8-6-15)23-9-10-24-17-4-2-1-3-14(17)11-21-22-12-19-20-13-22/h1-8,11-13H,9-10H2/b21-11-. The summed E-state index contributed by atoms with van der Waals surface area (Å²) in [5.74, 6) is 1.55. The van der Waals surface area contributed by atoms with Crippen LogP contribution in [0.15, 0.2) is 70.8 Å². The maximum atomic E-state index is 5.79. The van der Waals surface area contributed by atoms with Gasteiger partial charge in [-0.1, -0.05) is 28.1 Å². The number of aromatic nitrogens is 3. The summed E-state index contributed by atoms with van der Waals surface area (Å²) in [5.41, 5.74) is 0.870. The number of para-hydroxylation sites is 1. The predicted octanol–water partition coefficient (Wildman–Crippen LogP) is 3.38. The Labute approximate surface area is 147 Å². The lowest BCUT2D eigenvalue weighted by atomic mass is 10.2. The van der Waals surface area contributed by atoms with Crippen molar-refractivity contribution in [3.63, 3.8) is 0 Å². The summed E-state index contributed by atoms with van der Waals surface area (Å²) >= 11 is 3.39. The van der Waals surface area contributed by atoms with Crippen LogP contribution in [0.25, 0.3) is 0 Å². The largest absolute Gasteiger partial charge is 0.490 e. The first-order valence-electron chi connectivity index (χ1n) is 7.30. The van der Waals surface area contributed by atoms with Crippen molar-refractivity contribution in [1.82, 2.24) is 14.9 Å². The van der Waals surface area contributed by atoms with Gasteiger partial charge in [-0.2, -0.15) is 5.10 Å². The Morgan fingerprint density at radius 2 is 1.67 bits per heavy atom. The molecule has 0 aliphatic heterocycles. The van der Waals surface area contributed by atoms with Gasteiger partial charge in [0.15, 0.2) is 0 Å². The van der Waals surface area contributed by atoms with Gasteiger partial charge in [0.05, 0.1) is 6.21 Å². The molecule has 0 unspecified atom stereocenters. The number of rotatable bonds is 7. The molecule has 0 bridgehead atoms. The van der Waals surface area contributed by atoms with E-state index in [4.69, 9.17) is 9.47 Å². The number of hydrogen-bond acceptors (Lipinski definition) is 5. The van der Waals surface area contributed by atoms with E-state index in [9.17, 15) is 0 Å². The van der Waals surface area contributed by atoms with Crippen LogP contribution in [-0.4, -0.2) is 34.3 Å². The predicted molar refractivity (Wildman–Crippen MR) is 94.6 cm³/mol. The fourth-order valence-electron chi connectivity index (χ4n) is 1.94. The molecule has 0 saturated heterocycles. The second kappa shape index (κ2) is 8.26. The molecule has 3 aromatic rings. The van der Waals surface area contributed by atoms with Crippen molar-refractivity contribution in [2.45, 2.75) is 0 Å². The molecule has 0 aliphatic rings. The van der Waals surface area contributed by atoms with Crippen molar-refractivity contribution >= 4 is 22.1 Å². The van der Waals surface area contributed by atoms with Crippen LogP contribution >= 0.6 is 15.9 Å². The van der Waals surface area contributed by atoms with Gasteiger partial charge in [0.1, 0.15) is 37.4 Å². The molecular weight excluding hydrogens is 372 g/mol. The van der Waals surface area contributed by atoms with E-state index in [-0.39, 0.29) is 0 Å². The van der Waals surface area contributed by atoms with Crippen LogP contribution in [0.1, 0.15) is 5.56 Å². The fourth-order valence-corrected chi connectivity index (χ4v) is 2.21. The van der Waals surface area contributed by atoms with Crippen molar-refractivity contribution < 1.29 is 9.47 Å². The van der Waals surface area contributed by atoms with Gasteiger partial charge in [-0.15, -0.1) is 10.2 Å². The van der Waals surface area contributed by atoms with Crippen LogP contribution in [0.3, 0.4) is 0 Å². The average Bonchev–Trinajstić information content (AvgIpc) is 3.13. The average molecular weight is 387 g/mol. The van der Waals surface area contributed by atoms with Crippen molar-refractivity contribution in [1.29, 1.82) is 0 Å². The van der Waals surface area contributed by atoms with Gasteiger partial charge in [0.25, 0.3) is 0 Å². The number of halogens is 1. The highest BCUT2D eigenvalue weighted by molar-refractivity contribution is 9.10. The van der Waals surface area contributed by atoms with Crippen LogP contribution in [0, 0.1) is 0 Å². The Morgan fingerprint density at radius 3 is 2.46 bits per heavy atom. The molecule has 0 spiro atoms. The first-order valence-corrected chi connectivity index (χ1v) is 8.10. The third kappa shape index (κ3) is 4.66. The Morgan fingerprint density at radius 1 is 0.958 bits per heavy atom. The zero-order valence-electron chi connectivity index (χ0n) is 12.7. The third-order valence-corrected chi connectivity index (χ3v) is 3.61. The molecule has 1 heterocycles. The SMILES string of the molecule is Brc1ccc(OCCOc2ccccc2/C=N\n2cnnc2)cc1. The van der Waals surface area contributed by atoms with Gasteiger partial charge in [0, 0.05) is 10.0 Å². The zero-order valence-corrected chi connectivity index (χ0v) is 14.3. The number of nitrogens with zero attached hydrogens (tertiary/aromatic N) is 4. The minimum absolute atomic E-state index is 0.438. The molecule has 0 saturated carbocycles. The van der Waals surface area contributed by atoms with E-state index in [1.165, 1.54) is 17.3 Å². The molecule has 1 aromatic heterocycles. The van der Waals surface area contributed by atoms with Crippen molar-refractivity contribution in [2.75, 3.05) is 13.2 Å². The minimum atomic E-state index is 0.438. The molecule has 0 radical (unpaired) electrons. The number of hydrogen-bond donors (Lipinski definition) is 0. The van der Waals surface area contributed by atoms with Gasteiger partial charge in [-0.3, -0.25) is 0 Å². The molecule has 6 nitrogen and oxygen atoms in total. The Hall–Kier alpha value is -2.67. The summed E-state index contributed by atoms with van der Waals surface area (Å²) in [4.78, 5) is 0. The van der Waals surface area contributed by atoms with E-state index in [2.05, 4.69) is 31.2 Å². The molecule has 0 atom stereocenters. The Kier molecular flexibility index (Phi) is 5.57. The van der Waals surface area contributed by atoms with Gasteiger partial charge in [0.2, 0.25) is 0 Å². The highest BCUT2D eigenvalue weighted by Gasteiger charge is 2.01. The van der Waals surface area contributed by atoms with E-state index in [1.54, 1.807) is 6.21 Å². The normalized spacial score (nSPS) is 10.9. The molecule has 24 heavy (non-hydrogen) atoms. The summed E-state index contributed by atoms with van der Waals surface area (Å²) < 4.78 is 14.0. The first kappa shape index (κ1) is 16.2. The lowest BCUT2D eigenvalue weighted by Crippen LogP contribution is -2.10. The zero-order chi connectivity index (χ0) is 16.6. The molecule has 122 valence electrons. The maximum Gasteiger partial charge on any atom is 0.141 e. The lowest BCUT2D eigenvalue weighted by Gasteiger charge is -2.10. The molecular formula is C17H15BrN4O2. The number of ether oxygens (including phenoxy) is 2. The summed E-state index contributed by atoms with van der Waals surface area (Å²) in [6.45, 7) is 0.895. The van der Waals surface area contributed by atoms with E-state index < -0.39 is 0 Å². The first-order chi connectivity index (χ1) is 11.8. The summed E-state index contributed by atoms with van der Waals surface area (Å²) in [6, 6.07) is 15.4. The molecule has 0 N–H and O–H groups in total. The topological polar surface area (TPSA) is 61.5 Å². The highest BCUT2D eigenvalue weighted by Crippen LogP contribution is 2.17.